The van der Waals surface area contributed by atoms with Gasteiger partial charge >= 0.3 is 0 Å². The van der Waals surface area contributed by atoms with Gasteiger partial charge in [0, 0.05) is 13.5 Å². The third-order valence-electron chi connectivity index (χ3n) is 0.0546. The molecular weight excluding hydrogens is 116 g/mol. The quantitative estimate of drug-likeness (QED) is 0.473. The lowest BCUT2D eigenvalue weighted by Crippen LogP contribution is -1.54. The predicted octanol–water partition coefficient (Wildman–Crippen LogP) is 1.79. The second-order valence-corrected chi connectivity index (χ2v) is 0.635. The molecule has 0 aliphatic heterocycles. The van der Waals surface area contributed by atoms with E-state index >= 15 is 0 Å². The summed E-state index contributed by atoms with van der Waals surface area (Å²) in [6.07, 6.45) is -2.48. The van der Waals surface area contributed by atoms with Gasteiger partial charge in [-0.15, -0.1) is 0 Å². The van der Waals surface area contributed by atoms with E-state index in [1.165, 1.54) is 0 Å². The molecule has 0 aliphatic rings. The first-order valence-corrected chi connectivity index (χ1v) is 1.52. The van der Waals surface area contributed by atoms with Crippen molar-refractivity contribution < 1.29 is 8.22 Å². The molecule has 0 unspecified atom stereocenters. The monoisotopic (exact) mass is 128 g/mol. The van der Waals surface area contributed by atoms with Gasteiger partial charge in [-0.2, -0.15) is 0 Å². The van der Waals surface area contributed by atoms with Crippen LogP contribution in [0.3, 0.4) is 0 Å². The van der Waals surface area contributed by atoms with Crippen LogP contribution in [0.4, 0.5) is 0 Å². The minimum Gasteiger partial charge on any atom is -0.0928 e. The van der Waals surface area contributed by atoms with Crippen LogP contribution in [0.2, 0.25) is 0 Å². The van der Waals surface area contributed by atoms with Crippen molar-refractivity contribution in [2.45, 2.75) is 13.2 Å². The Morgan fingerprint density at radius 3 is 3.25 bits per heavy atom. The third-order valence-corrected chi connectivity index (χ3v) is 0.283. The van der Waals surface area contributed by atoms with E-state index in [0.29, 0.717) is 0 Å². The van der Waals surface area contributed by atoms with E-state index in [1.54, 1.807) is 0 Å². The van der Waals surface area contributed by atoms with Crippen molar-refractivity contribution in [1.82, 2.24) is 0 Å². The molecule has 0 aromatic carbocycles. The molecule has 0 amide bonds. The first kappa shape index (κ1) is 0.604. The van der Waals surface area contributed by atoms with Gasteiger partial charge in [0.15, 0.2) is 0 Å². The molecule has 0 fully saturated rings. The summed E-state index contributed by atoms with van der Waals surface area (Å²) in [4.78, 5) is 0. The van der Waals surface area contributed by atoms with Gasteiger partial charge in [0.1, 0.15) is 0 Å². The average molecular weight is 129 g/mol. The van der Waals surface area contributed by atoms with Crippen molar-refractivity contribution in [2.24, 2.45) is 0 Å². The smallest absolute Gasteiger partial charge is 0.0386 e. The maximum Gasteiger partial charge on any atom is 0.0386 e. The van der Waals surface area contributed by atoms with E-state index in [-0.39, 0.29) is 0 Å². The van der Waals surface area contributed by atoms with Gasteiger partial charge in [-0.25, -0.2) is 0 Å². The standard InChI is InChI=1S/C3H7Br/c1-2-3-4/h2-3H2,1H3/i1D2,2D2,3D2. The van der Waals surface area contributed by atoms with E-state index in [0.717, 1.165) is 0 Å². The lowest BCUT2D eigenvalue weighted by atomic mass is 10.6. The van der Waals surface area contributed by atoms with Crippen molar-refractivity contribution in [3.8, 4) is 0 Å². The minimum atomic E-state index is -2.48. The molecule has 0 saturated heterocycles. The highest BCUT2D eigenvalue weighted by Crippen LogP contribution is 1.80. The Morgan fingerprint density at radius 2 is 3.25 bits per heavy atom. The molecule has 0 aromatic heterocycles. The molecule has 1 heteroatoms. The lowest BCUT2D eigenvalue weighted by molar-refractivity contribution is 1.12. The number of hydrogen-bond donors (Lipinski definition) is 0. The third kappa shape index (κ3) is 2.48. The molecule has 0 atom stereocenters. The second kappa shape index (κ2) is 3.48. The first-order chi connectivity index (χ1) is 4.19. The summed E-state index contributed by atoms with van der Waals surface area (Å²) in [7, 11) is 0. The Hall–Kier alpha value is 0.480. The zero-order chi connectivity index (χ0) is 8.58. The van der Waals surface area contributed by atoms with E-state index < -0.39 is 18.5 Å². The van der Waals surface area contributed by atoms with Crippen LogP contribution in [0.25, 0.3) is 0 Å². The van der Waals surface area contributed by atoms with Crippen LogP contribution < -0.4 is 0 Å². The maximum absolute atomic E-state index is 6.90. The fourth-order valence-corrected chi connectivity index (χ4v) is 0. The Balaban J connectivity index is 4.40. The zero-order valence-corrected chi connectivity index (χ0v) is 3.54. The summed E-state index contributed by atoms with van der Waals surface area (Å²) >= 11 is 2.42. The Labute approximate surface area is 43.8 Å². The molecular formula is C3H7Br. The van der Waals surface area contributed by atoms with Gasteiger partial charge in [-0.3, -0.25) is 0 Å². The molecule has 26 valence electrons. The van der Waals surface area contributed by atoms with Crippen LogP contribution in [-0.4, -0.2) is 5.28 Å². The molecule has 0 nitrogen and oxygen atoms in total. The summed E-state index contributed by atoms with van der Waals surface area (Å²) in [5.74, 6) is 0. The van der Waals surface area contributed by atoms with E-state index in [1.807, 2.05) is 0 Å². The van der Waals surface area contributed by atoms with Gasteiger partial charge < -0.3 is 0 Å². The Morgan fingerprint density at radius 1 is 2.50 bits per heavy atom. The summed E-state index contributed by atoms with van der Waals surface area (Å²) in [6.45, 7) is -1.83. The molecule has 0 N–H and O–H groups in total. The molecule has 0 heterocycles. The average Bonchev–Trinajstić information content (AvgIpc) is 1.62. The van der Waals surface area contributed by atoms with Gasteiger partial charge in [-0.05, 0) is 6.37 Å². The van der Waals surface area contributed by atoms with E-state index in [2.05, 4.69) is 15.9 Å². The SMILES string of the molecule is [2H]C([2H])C([2H])([2H])C([2H])([2H])Br. The number of halogens is 1. The van der Waals surface area contributed by atoms with Crippen LogP contribution in [0.15, 0.2) is 0 Å². The fraction of sp³-hybridized carbons (Fsp3) is 1.00. The molecule has 0 bridgehead atoms. The summed E-state index contributed by atoms with van der Waals surface area (Å²) in [5, 5.41) is -2.31. The summed E-state index contributed by atoms with van der Waals surface area (Å²) < 4.78 is 40.8. The molecule has 0 radical (unpaired) electrons. The van der Waals surface area contributed by atoms with Gasteiger partial charge in [0.05, 0.1) is 0 Å². The van der Waals surface area contributed by atoms with Crippen LogP contribution in [-0.2, 0) is 0 Å². The zero-order valence-electron chi connectivity index (χ0n) is 7.96. The topological polar surface area (TPSA) is 0 Å². The normalized spacial score (nSPS) is 37.5. The maximum atomic E-state index is 6.90. The lowest BCUT2D eigenvalue weighted by Gasteiger charge is -1.66. The Kier molecular flexibility index (Phi) is 0.525. The molecule has 0 saturated carbocycles. The second-order valence-electron chi connectivity index (χ2n) is 0.239. The van der Waals surface area contributed by atoms with Gasteiger partial charge in [0.25, 0.3) is 0 Å². The van der Waals surface area contributed by atoms with Crippen molar-refractivity contribution in [3.05, 3.63) is 0 Å². The van der Waals surface area contributed by atoms with E-state index in [4.69, 9.17) is 8.22 Å². The van der Waals surface area contributed by atoms with Crippen molar-refractivity contribution in [2.75, 3.05) is 5.28 Å². The number of alkyl halides is 1. The Bertz CT molecular complexity index is 115. The highest BCUT2D eigenvalue weighted by Gasteiger charge is 1.58. The number of hydrogen-bond acceptors (Lipinski definition) is 0. The highest BCUT2D eigenvalue weighted by atomic mass is 79.9. The molecule has 0 rings (SSSR count). The molecule has 0 aromatic rings. The van der Waals surface area contributed by atoms with Crippen LogP contribution in [0, 0.1) is 0 Å². The molecule has 4 heavy (non-hydrogen) atoms. The summed E-state index contributed by atoms with van der Waals surface area (Å²) in [5.41, 5.74) is 0. The summed E-state index contributed by atoms with van der Waals surface area (Å²) in [6, 6.07) is 0. The van der Waals surface area contributed by atoms with Crippen LogP contribution in [0.5, 0.6) is 0 Å². The first-order valence-electron chi connectivity index (χ1n) is 3.88. The highest BCUT2D eigenvalue weighted by molar-refractivity contribution is 9.09. The van der Waals surface area contributed by atoms with Gasteiger partial charge in [-0.1, -0.05) is 22.8 Å². The van der Waals surface area contributed by atoms with Gasteiger partial charge in [0.2, 0.25) is 0 Å². The predicted molar refractivity (Wildman–Crippen MR) is 24.1 cm³/mol. The number of rotatable bonds is 1. The van der Waals surface area contributed by atoms with Crippen molar-refractivity contribution >= 4 is 15.9 Å². The van der Waals surface area contributed by atoms with Crippen LogP contribution >= 0.6 is 15.9 Å². The van der Waals surface area contributed by atoms with Crippen molar-refractivity contribution in [1.29, 1.82) is 0 Å². The largest absolute Gasteiger partial charge is 0.0928 e. The fourth-order valence-electron chi connectivity index (χ4n) is 0. The molecule has 0 spiro atoms. The van der Waals surface area contributed by atoms with E-state index in [9.17, 15) is 0 Å². The minimum absolute atomic E-state index is 1.83. The molecule has 0 aliphatic carbocycles. The van der Waals surface area contributed by atoms with Crippen LogP contribution in [0.1, 0.15) is 21.5 Å². The van der Waals surface area contributed by atoms with Crippen molar-refractivity contribution in [3.63, 3.8) is 0 Å².